The second-order valence-corrected chi connectivity index (χ2v) is 6.19. The molecule has 2 aromatic heterocycles. The lowest BCUT2D eigenvalue weighted by molar-refractivity contribution is 0.0937. The molecule has 3 rings (SSSR count). The van der Waals surface area contributed by atoms with Crippen molar-refractivity contribution < 1.29 is 9.21 Å². The molecule has 0 bridgehead atoms. The molecule has 0 saturated heterocycles. The highest BCUT2D eigenvalue weighted by Gasteiger charge is 2.15. The van der Waals surface area contributed by atoms with Gasteiger partial charge in [-0.1, -0.05) is 31.0 Å². The number of hydrogen-bond donors (Lipinski definition) is 1. The number of fused-ring (bicyclic) bond motifs is 1. The van der Waals surface area contributed by atoms with Crippen LogP contribution in [0.15, 0.2) is 51.9 Å². The molecule has 1 N–H and O–H groups in total. The van der Waals surface area contributed by atoms with Crippen LogP contribution in [0.5, 0.6) is 0 Å². The first-order valence-electron chi connectivity index (χ1n) is 8.55. The fourth-order valence-corrected chi connectivity index (χ4v) is 2.86. The molecule has 0 atom stereocenters. The molecule has 0 unspecified atom stereocenters. The zero-order valence-electron chi connectivity index (χ0n) is 14.5. The van der Waals surface area contributed by atoms with Crippen molar-refractivity contribution in [2.45, 2.75) is 39.8 Å². The number of nitrogens with one attached hydrogen (secondary N) is 1. The van der Waals surface area contributed by atoms with Crippen molar-refractivity contribution in [2.24, 2.45) is 0 Å². The number of aryl methyl sites for hydroxylation is 1. The van der Waals surface area contributed by atoms with Crippen LogP contribution >= 0.6 is 0 Å². The normalized spacial score (nSPS) is 11.0. The van der Waals surface area contributed by atoms with Crippen molar-refractivity contribution >= 4 is 16.7 Å². The van der Waals surface area contributed by atoms with Crippen molar-refractivity contribution in [1.29, 1.82) is 0 Å². The van der Waals surface area contributed by atoms with E-state index < -0.39 is 0 Å². The minimum absolute atomic E-state index is 0.113. The molecule has 0 aliphatic heterocycles. The van der Waals surface area contributed by atoms with E-state index in [-0.39, 0.29) is 11.5 Å². The van der Waals surface area contributed by atoms with Crippen LogP contribution < -0.4 is 10.9 Å². The number of benzene rings is 1. The second-order valence-electron chi connectivity index (χ2n) is 6.19. The van der Waals surface area contributed by atoms with Gasteiger partial charge in [0.1, 0.15) is 11.5 Å². The van der Waals surface area contributed by atoms with Gasteiger partial charge in [-0.3, -0.25) is 9.59 Å². The minimum Gasteiger partial charge on any atom is -0.467 e. The monoisotopic (exact) mass is 338 g/mol. The molecule has 25 heavy (non-hydrogen) atoms. The molecular formula is C20H22N2O3. The maximum Gasteiger partial charge on any atom is 0.268 e. The molecular weight excluding hydrogens is 316 g/mol. The highest BCUT2D eigenvalue weighted by molar-refractivity contribution is 5.96. The number of amides is 1. The third kappa shape index (κ3) is 3.65. The van der Waals surface area contributed by atoms with Crippen molar-refractivity contribution in [2.75, 3.05) is 0 Å². The SMILES string of the molecule is CCCCn1c(C(=O)NCc2ccco2)cc2ccc(C)cc2c1=O. The van der Waals surface area contributed by atoms with Gasteiger partial charge in [0.15, 0.2) is 0 Å². The van der Waals surface area contributed by atoms with Gasteiger partial charge in [0.2, 0.25) is 0 Å². The zero-order chi connectivity index (χ0) is 17.8. The first-order valence-corrected chi connectivity index (χ1v) is 8.55. The molecule has 130 valence electrons. The molecule has 3 aromatic rings. The van der Waals surface area contributed by atoms with Crippen molar-refractivity contribution in [3.8, 4) is 0 Å². The van der Waals surface area contributed by atoms with Crippen LogP contribution in [0, 0.1) is 6.92 Å². The van der Waals surface area contributed by atoms with Crippen LogP contribution in [-0.2, 0) is 13.1 Å². The Labute approximate surface area is 146 Å². The van der Waals surface area contributed by atoms with E-state index in [0.29, 0.717) is 29.9 Å². The molecule has 0 saturated carbocycles. The van der Waals surface area contributed by atoms with Gasteiger partial charge < -0.3 is 14.3 Å². The summed E-state index contributed by atoms with van der Waals surface area (Å²) >= 11 is 0. The van der Waals surface area contributed by atoms with Crippen LogP contribution in [0.1, 0.15) is 41.6 Å². The number of rotatable bonds is 6. The molecule has 1 amide bonds. The number of aromatic nitrogens is 1. The standard InChI is InChI=1S/C20H22N2O3/c1-3-4-9-22-18(19(23)21-13-16-6-5-10-25-16)12-15-8-7-14(2)11-17(15)20(22)24/h5-8,10-12H,3-4,9,13H2,1-2H3,(H,21,23). The number of furan rings is 1. The Kier molecular flexibility index (Phi) is 5.03. The fourth-order valence-electron chi connectivity index (χ4n) is 2.86. The molecule has 0 aliphatic carbocycles. The quantitative estimate of drug-likeness (QED) is 0.746. The smallest absolute Gasteiger partial charge is 0.268 e. The number of carbonyl (C=O) groups excluding carboxylic acids is 1. The number of unbranched alkanes of at least 4 members (excludes halogenated alkanes) is 1. The van der Waals surface area contributed by atoms with Gasteiger partial charge in [-0.15, -0.1) is 0 Å². The highest BCUT2D eigenvalue weighted by Crippen LogP contribution is 2.15. The van der Waals surface area contributed by atoms with E-state index in [2.05, 4.69) is 12.2 Å². The van der Waals surface area contributed by atoms with E-state index in [1.165, 1.54) is 0 Å². The Bertz CT molecular complexity index is 939. The largest absolute Gasteiger partial charge is 0.467 e. The van der Waals surface area contributed by atoms with Crippen molar-refractivity contribution in [3.63, 3.8) is 0 Å². The van der Waals surface area contributed by atoms with E-state index in [4.69, 9.17) is 4.42 Å². The molecule has 0 spiro atoms. The lowest BCUT2D eigenvalue weighted by atomic mass is 10.1. The van der Waals surface area contributed by atoms with E-state index >= 15 is 0 Å². The predicted molar refractivity (Wildman–Crippen MR) is 97.7 cm³/mol. The van der Waals surface area contributed by atoms with Gasteiger partial charge in [0.25, 0.3) is 11.5 Å². The first kappa shape index (κ1) is 17.0. The number of nitrogens with zero attached hydrogens (tertiary/aromatic N) is 1. The first-order chi connectivity index (χ1) is 12.1. The van der Waals surface area contributed by atoms with E-state index in [0.717, 1.165) is 23.8 Å². The molecule has 2 heterocycles. The average molecular weight is 338 g/mol. The number of carbonyl (C=O) groups is 1. The van der Waals surface area contributed by atoms with Gasteiger partial charge in [0.05, 0.1) is 12.8 Å². The lowest BCUT2D eigenvalue weighted by Gasteiger charge is -2.14. The Morgan fingerprint density at radius 1 is 1.24 bits per heavy atom. The van der Waals surface area contributed by atoms with Crippen LogP contribution in [-0.4, -0.2) is 10.5 Å². The van der Waals surface area contributed by atoms with Crippen molar-refractivity contribution in [1.82, 2.24) is 9.88 Å². The van der Waals surface area contributed by atoms with E-state index in [1.807, 2.05) is 25.1 Å². The molecule has 0 radical (unpaired) electrons. The Morgan fingerprint density at radius 3 is 2.80 bits per heavy atom. The number of pyridine rings is 1. The van der Waals surface area contributed by atoms with Gasteiger partial charge in [0, 0.05) is 11.9 Å². The lowest BCUT2D eigenvalue weighted by Crippen LogP contribution is -2.32. The predicted octanol–water partition coefficient (Wildman–Crippen LogP) is 3.63. The summed E-state index contributed by atoms with van der Waals surface area (Å²) in [4.78, 5) is 25.6. The van der Waals surface area contributed by atoms with Gasteiger partial charge >= 0.3 is 0 Å². The maximum absolute atomic E-state index is 12.9. The summed E-state index contributed by atoms with van der Waals surface area (Å²) in [7, 11) is 0. The molecule has 0 aliphatic rings. The maximum atomic E-state index is 12.9. The molecule has 0 fully saturated rings. The summed E-state index contributed by atoms with van der Waals surface area (Å²) in [6.45, 7) is 4.84. The molecule has 1 aromatic carbocycles. The topological polar surface area (TPSA) is 64.2 Å². The van der Waals surface area contributed by atoms with Crippen LogP contribution in [0.4, 0.5) is 0 Å². The Balaban J connectivity index is 2.00. The van der Waals surface area contributed by atoms with Crippen LogP contribution in [0.3, 0.4) is 0 Å². The Hall–Kier alpha value is -2.82. The summed E-state index contributed by atoms with van der Waals surface area (Å²) in [5.74, 6) is 0.402. The van der Waals surface area contributed by atoms with Gasteiger partial charge in [-0.2, -0.15) is 0 Å². The summed E-state index contributed by atoms with van der Waals surface area (Å²) in [6.07, 6.45) is 3.36. The molecule has 5 heteroatoms. The van der Waals surface area contributed by atoms with Crippen molar-refractivity contribution in [3.05, 3.63) is 70.0 Å². The van der Waals surface area contributed by atoms with Crippen LogP contribution in [0.2, 0.25) is 0 Å². The minimum atomic E-state index is -0.271. The third-order valence-corrected chi connectivity index (χ3v) is 4.24. The second kappa shape index (κ2) is 7.38. The van der Waals surface area contributed by atoms with E-state index in [1.54, 1.807) is 29.0 Å². The average Bonchev–Trinajstić information content (AvgIpc) is 3.13. The van der Waals surface area contributed by atoms with Gasteiger partial charge in [-0.25, -0.2) is 0 Å². The summed E-state index contributed by atoms with van der Waals surface area (Å²) < 4.78 is 6.82. The van der Waals surface area contributed by atoms with E-state index in [9.17, 15) is 9.59 Å². The highest BCUT2D eigenvalue weighted by atomic mass is 16.3. The number of hydrogen-bond acceptors (Lipinski definition) is 3. The zero-order valence-corrected chi connectivity index (χ0v) is 14.5. The summed E-state index contributed by atoms with van der Waals surface area (Å²) in [5, 5.41) is 4.26. The Morgan fingerprint density at radius 2 is 2.08 bits per heavy atom. The summed E-state index contributed by atoms with van der Waals surface area (Å²) in [5.41, 5.74) is 1.31. The fraction of sp³-hybridized carbons (Fsp3) is 0.300. The van der Waals surface area contributed by atoms with Gasteiger partial charge in [-0.05, 0) is 43.0 Å². The van der Waals surface area contributed by atoms with Crippen LogP contribution in [0.25, 0.3) is 10.8 Å². The third-order valence-electron chi connectivity index (χ3n) is 4.24. The summed E-state index contributed by atoms with van der Waals surface area (Å²) in [6, 6.07) is 11.1. The molecule has 5 nitrogen and oxygen atoms in total.